The summed E-state index contributed by atoms with van der Waals surface area (Å²) in [5.74, 6) is -1.55. The Morgan fingerprint density at radius 3 is 2.59 bits per heavy atom. The third kappa shape index (κ3) is 3.95. The van der Waals surface area contributed by atoms with Crippen molar-refractivity contribution in [1.82, 2.24) is 4.98 Å². The molecule has 0 unspecified atom stereocenters. The van der Waals surface area contributed by atoms with Crippen molar-refractivity contribution in [2.24, 2.45) is 0 Å². The number of rotatable bonds is 5. The van der Waals surface area contributed by atoms with Crippen LogP contribution in [-0.4, -0.2) is 18.0 Å². The number of amides is 1. The number of nitrogens with zero attached hydrogens (tertiary/aromatic N) is 2. The predicted molar refractivity (Wildman–Crippen MR) is 109 cm³/mol. The molecule has 7 heteroatoms. The van der Waals surface area contributed by atoms with E-state index in [9.17, 15) is 13.6 Å². The molecule has 0 spiro atoms. The fourth-order valence-corrected chi connectivity index (χ4v) is 3.93. The minimum atomic E-state index is -0.907. The van der Waals surface area contributed by atoms with Gasteiger partial charge < -0.3 is 4.74 Å². The average Bonchev–Trinajstić information content (AvgIpc) is 3.15. The number of ether oxygens (including phenoxy) is 1. The van der Waals surface area contributed by atoms with Crippen LogP contribution in [-0.2, 0) is 6.54 Å². The van der Waals surface area contributed by atoms with E-state index in [1.807, 2.05) is 36.4 Å². The maximum absolute atomic E-state index is 14.3. The van der Waals surface area contributed by atoms with Crippen molar-refractivity contribution in [3.8, 4) is 5.75 Å². The monoisotopic (exact) mass is 410 g/mol. The normalized spacial score (nSPS) is 10.9. The van der Waals surface area contributed by atoms with Gasteiger partial charge in [0.15, 0.2) is 5.13 Å². The van der Waals surface area contributed by atoms with E-state index >= 15 is 0 Å². The topological polar surface area (TPSA) is 42.4 Å². The van der Waals surface area contributed by atoms with Gasteiger partial charge in [-0.3, -0.25) is 9.69 Å². The third-order valence-electron chi connectivity index (χ3n) is 4.41. The minimum Gasteiger partial charge on any atom is -0.497 e. The van der Waals surface area contributed by atoms with Crippen molar-refractivity contribution in [2.45, 2.75) is 6.54 Å². The van der Waals surface area contributed by atoms with Crippen LogP contribution in [0.3, 0.4) is 0 Å². The number of hydrogen-bond acceptors (Lipinski definition) is 4. The average molecular weight is 410 g/mol. The molecule has 0 atom stereocenters. The van der Waals surface area contributed by atoms with E-state index in [1.165, 1.54) is 16.2 Å². The first-order valence-corrected chi connectivity index (χ1v) is 9.62. The van der Waals surface area contributed by atoms with Crippen molar-refractivity contribution in [3.05, 3.63) is 89.5 Å². The molecule has 0 aliphatic heterocycles. The number of anilines is 1. The van der Waals surface area contributed by atoms with Crippen LogP contribution in [0.1, 0.15) is 15.9 Å². The Morgan fingerprint density at radius 2 is 1.86 bits per heavy atom. The second-order valence-electron chi connectivity index (χ2n) is 6.33. The van der Waals surface area contributed by atoms with Crippen LogP contribution >= 0.6 is 11.3 Å². The Hall–Kier alpha value is -3.32. The van der Waals surface area contributed by atoms with E-state index in [-0.39, 0.29) is 12.1 Å². The highest BCUT2D eigenvalue weighted by molar-refractivity contribution is 7.22. The number of fused-ring (bicyclic) bond motifs is 1. The second kappa shape index (κ2) is 7.97. The Labute approximate surface area is 170 Å². The number of thiazole rings is 1. The Balaban J connectivity index is 1.78. The van der Waals surface area contributed by atoms with E-state index in [1.54, 1.807) is 19.2 Å². The maximum Gasteiger partial charge on any atom is 0.263 e. The lowest BCUT2D eigenvalue weighted by atomic mass is 10.1. The first kappa shape index (κ1) is 19.0. The zero-order chi connectivity index (χ0) is 20.4. The van der Waals surface area contributed by atoms with Gasteiger partial charge in [-0.25, -0.2) is 13.8 Å². The summed E-state index contributed by atoms with van der Waals surface area (Å²) in [6.45, 7) is 0.202. The van der Waals surface area contributed by atoms with Gasteiger partial charge in [0.05, 0.1) is 29.4 Å². The quantitative estimate of drug-likeness (QED) is 0.441. The molecule has 0 radical (unpaired) electrons. The van der Waals surface area contributed by atoms with Crippen LogP contribution in [0.2, 0.25) is 0 Å². The van der Waals surface area contributed by atoms with Gasteiger partial charge in [0.2, 0.25) is 0 Å². The van der Waals surface area contributed by atoms with Crippen molar-refractivity contribution < 1.29 is 18.3 Å². The molecule has 29 heavy (non-hydrogen) atoms. The first-order valence-electron chi connectivity index (χ1n) is 8.80. The molecule has 1 heterocycles. The number of hydrogen-bond donors (Lipinski definition) is 0. The maximum atomic E-state index is 14.3. The molecule has 0 fully saturated rings. The van der Waals surface area contributed by atoms with Gasteiger partial charge in [-0.05, 0) is 35.9 Å². The highest BCUT2D eigenvalue weighted by Crippen LogP contribution is 2.33. The summed E-state index contributed by atoms with van der Waals surface area (Å²) >= 11 is 1.30. The van der Waals surface area contributed by atoms with Gasteiger partial charge in [0, 0.05) is 6.07 Å². The van der Waals surface area contributed by atoms with Crippen LogP contribution in [0.4, 0.5) is 13.9 Å². The minimum absolute atomic E-state index is 0.202. The van der Waals surface area contributed by atoms with Gasteiger partial charge in [0.1, 0.15) is 17.4 Å². The van der Waals surface area contributed by atoms with E-state index in [0.29, 0.717) is 22.5 Å². The smallest absolute Gasteiger partial charge is 0.263 e. The summed E-state index contributed by atoms with van der Waals surface area (Å²) < 4.78 is 33.7. The number of carbonyl (C=O) groups is 1. The zero-order valence-corrected chi connectivity index (χ0v) is 16.2. The summed E-state index contributed by atoms with van der Waals surface area (Å²) in [5, 5.41) is 0.422. The van der Waals surface area contributed by atoms with Crippen molar-refractivity contribution in [1.29, 1.82) is 0 Å². The third-order valence-corrected chi connectivity index (χ3v) is 5.45. The highest BCUT2D eigenvalue weighted by Gasteiger charge is 2.24. The molecule has 1 amide bonds. The molecular weight excluding hydrogens is 394 g/mol. The number of methoxy groups -OCH3 is 1. The van der Waals surface area contributed by atoms with Gasteiger partial charge in [-0.15, -0.1) is 0 Å². The van der Waals surface area contributed by atoms with Gasteiger partial charge in [-0.2, -0.15) is 0 Å². The van der Waals surface area contributed by atoms with Crippen LogP contribution < -0.4 is 9.64 Å². The molecule has 0 N–H and O–H groups in total. The molecule has 3 aromatic carbocycles. The van der Waals surface area contributed by atoms with Crippen LogP contribution in [0, 0.1) is 11.6 Å². The fourth-order valence-electron chi connectivity index (χ4n) is 2.94. The largest absolute Gasteiger partial charge is 0.497 e. The lowest BCUT2D eigenvalue weighted by Gasteiger charge is -2.20. The molecule has 0 saturated heterocycles. The summed E-state index contributed by atoms with van der Waals surface area (Å²) in [6, 6.07) is 17.7. The van der Waals surface area contributed by atoms with Crippen molar-refractivity contribution in [3.63, 3.8) is 0 Å². The molecular formula is C22H16F2N2O2S. The molecule has 4 rings (SSSR count). The molecule has 4 aromatic rings. The Kier molecular flexibility index (Phi) is 5.22. The fraction of sp³-hybridized carbons (Fsp3) is 0.0909. The Bertz CT molecular complexity index is 1180. The lowest BCUT2D eigenvalue weighted by Crippen LogP contribution is -2.31. The molecule has 4 nitrogen and oxygen atoms in total. The summed E-state index contributed by atoms with van der Waals surface area (Å²) in [4.78, 5) is 19.1. The highest BCUT2D eigenvalue weighted by atomic mass is 32.1. The van der Waals surface area contributed by atoms with Crippen LogP contribution in [0.15, 0.2) is 66.7 Å². The van der Waals surface area contributed by atoms with E-state index in [4.69, 9.17) is 4.74 Å². The summed E-state index contributed by atoms with van der Waals surface area (Å²) in [6.07, 6.45) is 0. The number of benzene rings is 3. The number of carbonyl (C=O) groups excluding carboxylic acids is 1. The number of halogens is 2. The zero-order valence-electron chi connectivity index (χ0n) is 15.4. The van der Waals surface area contributed by atoms with Crippen LogP contribution in [0.25, 0.3) is 10.2 Å². The molecule has 0 saturated carbocycles. The number of aromatic nitrogens is 1. The van der Waals surface area contributed by atoms with Crippen molar-refractivity contribution in [2.75, 3.05) is 12.0 Å². The van der Waals surface area contributed by atoms with Gasteiger partial charge in [-0.1, -0.05) is 41.7 Å². The summed E-state index contributed by atoms with van der Waals surface area (Å²) in [5.41, 5.74) is 1.36. The van der Waals surface area contributed by atoms with Gasteiger partial charge >= 0.3 is 0 Å². The van der Waals surface area contributed by atoms with E-state index in [2.05, 4.69) is 4.98 Å². The molecule has 0 aliphatic rings. The first-order chi connectivity index (χ1) is 14.0. The van der Waals surface area contributed by atoms with Gasteiger partial charge in [0.25, 0.3) is 5.91 Å². The van der Waals surface area contributed by atoms with Crippen LogP contribution in [0.5, 0.6) is 5.75 Å². The lowest BCUT2D eigenvalue weighted by molar-refractivity contribution is 0.0981. The molecule has 0 bridgehead atoms. The molecule has 1 aromatic heterocycles. The summed E-state index contributed by atoms with van der Waals surface area (Å²) in [7, 11) is 1.58. The van der Waals surface area contributed by atoms with Crippen molar-refractivity contribution >= 4 is 32.6 Å². The predicted octanol–water partition coefficient (Wildman–Crippen LogP) is 5.43. The second-order valence-corrected chi connectivity index (χ2v) is 7.34. The standard InChI is InChI=1S/C22H16F2N2O2S/c1-28-16-8-10-19-20(12-16)29-22(25-19)26(13-14-5-3-2-4-6-14)21(27)17-9-7-15(23)11-18(17)24/h2-12H,13H2,1H3. The van der Waals surface area contributed by atoms with E-state index in [0.717, 1.165) is 22.4 Å². The SMILES string of the molecule is COc1ccc2nc(N(Cc3ccccc3)C(=O)c3ccc(F)cc3F)sc2c1. The van der Waals surface area contributed by atoms with E-state index < -0.39 is 17.5 Å². The molecule has 0 aliphatic carbocycles. The Morgan fingerprint density at radius 1 is 1.07 bits per heavy atom. The molecule has 146 valence electrons.